The van der Waals surface area contributed by atoms with Crippen LogP contribution in [0.2, 0.25) is 5.02 Å². The number of nitrogen functional groups attached to an aromatic ring is 1. The number of hydrogen-bond acceptors (Lipinski definition) is 3. The quantitative estimate of drug-likeness (QED) is 0.859. The molecule has 2 aromatic carbocycles. The maximum absolute atomic E-state index is 8.79. The highest BCUT2D eigenvalue weighted by Gasteiger charge is 2.05. The van der Waals surface area contributed by atoms with E-state index in [9.17, 15) is 0 Å². The van der Waals surface area contributed by atoms with E-state index >= 15 is 0 Å². The number of rotatable bonds is 3. The van der Waals surface area contributed by atoms with Crippen molar-refractivity contribution in [1.29, 1.82) is 5.26 Å². The summed E-state index contributed by atoms with van der Waals surface area (Å²) in [5.41, 5.74) is 7.73. The summed E-state index contributed by atoms with van der Waals surface area (Å²) in [7, 11) is 0. The van der Waals surface area contributed by atoms with E-state index in [4.69, 9.17) is 27.3 Å². The van der Waals surface area contributed by atoms with Crippen molar-refractivity contribution in [3.05, 3.63) is 58.6 Å². The molecule has 0 radical (unpaired) electrons. The highest BCUT2D eigenvalue weighted by molar-refractivity contribution is 6.31. The van der Waals surface area contributed by atoms with Crippen LogP contribution in [-0.4, -0.2) is 0 Å². The minimum Gasteiger partial charge on any atom is -0.489 e. The molecule has 0 bridgehead atoms. The SMILES string of the molecule is N#Cc1cccc(OCc2c(N)cccc2Cl)c1. The molecule has 90 valence electrons. The molecular weight excluding hydrogens is 248 g/mol. The van der Waals surface area contributed by atoms with Gasteiger partial charge in [0.2, 0.25) is 0 Å². The predicted molar refractivity (Wildman–Crippen MR) is 71.4 cm³/mol. The molecule has 2 aromatic rings. The lowest BCUT2D eigenvalue weighted by Crippen LogP contribution is -2.01. The number of nitrogens with zero attached hydrogens (tertiary/aromatic N) is 1. The van der Waals surface area contributed by atoms with Crippen LogP contribution in [0.5, 0.6) is 5.75 Å². The van der Waals surface area contributed by atoms with Crippen molar-refractivity contribution in [3.63, 3.8) is 0 Å². The molecule has 0 aliphatic carbocycles. The molecule has 2 N–H and O–H groups in total. The third-order valence-electron chi connectivity index (χ3n) is 2.50. The first-order chi connectivity index (χ1) is 8.70. The van der Waals surface area contributed by atoms with Crippen LogP contribution in [0.25, 0.3) is 0 Å². The van der Waals surface area contributed by atoms with Crippen molar-refractivity contribution in [2.45, 2.75) is 6.61 Å². The van der Waals surface area contributed by atoms with Crippen molar-refractivity contribution in [3.8, 4) is 11.8 Å². The van der Waals surface area contributed by atoms with Crippen LogP contribution in [0.4, 0.5) is 5.69 Å². The lowest BCUT2D eigenvalue weighted by atomic mass is 10.2. The predicted octanol–water partition coefficient (Wildman–Crippen LogP) is 3.37. The van der Waals surface area contributed by atoms with Gasteiger partial charge in [-0.3, -0.25) is 0 Å². The fraction of sp³-hybridized carbons (Fsp3) is 0.0714. The molecule has 2 rings (SSSR count). The Morgan fingerprint density at radius 1 is 1.22 bits per heavy atom. The van der Waals surface area contributed by atoms with Gasteiger partial charge in [-0.2, -0.15) is 5.26 Å². The number of benzene rings is 2. The zero-order valence-electron chi connectivity index (χ0n) is 9.56. The number of ether oxygens (including phenoxy) is 1. The third-order valence-corrected chi connectivity index (χ3v) is 2.86. The number of hydrogen-bond donors (Lipinski definition) is 1. The fourth-order valence-corrected chi connectivity index (χ4v) is 1.77. The topological polar surface area (TPSA) is 59.0 Å². The number of nitrogens with two attached hydrogens (primary N) is 1. The molecule has 18 heavy (non-hydrogen) atoms. The molecule has 0 atom stereocenters. The summed E-state index contributed by atoms with van der Waals surface area (Å²) in [5.74, 6) is 0.619. The molecule has 0 unspecified atom stereocenters. The Hall–Kier alpha value is -2.18. The Morgan fingerprint density at radius 3 is 2.72 bits per heavy atom. The highest BCUT2D eigenvalue weighted by Crippen LogP contribution is 2.24. The second kappa shape index (κ2) is 5.44. The average Bonchev–Trinajstić information content (AvgIpc) is 2.38. The number of halogens is 1. The second-order valence-electron chi connectivity index (χ2n) is 3.74. The summed E-state index contributed by atoms with van der Waals surface area (Å²) in [5, 5.41) is 9.36. The molecule has 0 heterocycles. The van der Waals surface area contributed by atoms with Gasteiger partial charge in [-0.15, -0.1) is 0 Å². The van der Waals surface area contributed by atoms with Crippen molar-refractivity contribution in [1.82, 2.24) is 0 Å². The maximum Gasteiger partial charge on any atom is 0.121 e. The summed E-state index contributed by atoms with van der Waals surface area (Å²) in [4.78, 5) is 0. The zero-order valence-corrected chi connectivity index (χ0v) is 10.3. The monoisotopic (exact) mass is 258 g/mol. The number of nitriles is 1. The molecule has 0 amide bonds. The van der Waals surface area contributed by atoms with Crippen molar-refractivity contribution < 1.29 is 4.74 Å². The Bertz CT molecular complexity index is 585. The molecule has 0 fully saturated rings. The Kier molecular flexibility index (Phi) is 3.71. The normalized spacial score (nSPS) is 9.78. The summed E-state index contributed by atoms with van der Waals surface area (Å²) < 4.78 is 5.58. The minimum absolute atomic E-state index is 0.278. The molecule has 0 saturated carbocycles. The van der Waals surface area contributed by atoms with E-state index in [0.29, 0.717) is 22.0 Å². The van der Waals surface area contributed by atoms with Crippen LogP contribution >= 0.6 is 11.6 Å². The lowest BCUT2D eigenvalue weighted by molar-refractivity contribution is 0.307. The van der Waals surface area contributed by atoms with Crippen LogP contribution in [0.3, 0.4) is 0 Å². The van der Waals surface area contributed by atoms with Gasteiger partial charge in [0.05, 0.1) is 11.6 Å². The number of anilines is 1. The lowest BCUT2D eigenvalue weighted by Gasteiger charge is -2.10. The van der Waals surface area contributed by atoms with Crippen molar-refractivity contribution >= 4 is 17.3 Å². The first-order valence-electron chi connectivity index (χ1n) is 5.36. The Labute approximate surface area is 110 Å². The van der Waals surface area contributed by atoms with E-state index in [0.717, 1.165) is 5.56 Å². The van der Waals surface area contributed by atoms with Crippen LogP contribution in [0.1, 0.15) is 11.1 Å². The molecular formula is C14H11ClN2O. The molecule has 0 aromatic heterocycles. The summed E-state index contributed by atoms with van der Waals surface area (Å²) in [6.45, 7) is 0.278. The van der Waals surface area contributed by atoms with Crippen molar-refractivity contribution in [2.75, 3.05) is 5.73 Å². The maximum atomic E-state index is 8.79. The van der Waals surface area contributed by atoms with E-state index in [1.807, 2.05) is 0 Å². The molecule has 3 nitrogen and oxygen atoms in total. The third kappa shape index (κ3) is 2.73. The molecule has 4 heteroatoms. The van der Waals surface area contributed by atoms with Gasteiger partial charge in [-0.1, -0.05) is 23.7 Å². The smallest absolute Gasteiger partial charge is 0.121 e. The molecule has 0 aliphatic heterocycles. The van der Waals surface area contributed by atoms with Gasteiger partial charge in [0.25, 0.3) is 0 Å². The van der Waals surface area contributed by atoms with E-state index in [1.165, 1.54) is 0 Å². The summed E-state index contributed by atoms with van der Waals surface area (Å²) in [6, 6.07) is 14.3. The standard InChI is InChI=1S/C14H11ClN2O/c15-13-5-2-6-14(17)12(13)9-18-11-4-1-3-10(7-11)8-16/h1-7H,9,17H2. The molecule has 0 aliphatic rings. The summed E-state index contributed by atoms with van der Waals surface area (Å²) in [6.07, 6.45) is 0. The van der Waals surface area contributed by atoms with Gasteiger partial charge in [0.15, 0.2) is 0 Å². The van der Waals surface area contributed by atoms with E-state index in [-0.39, 0.29) is 6.61 Å². The van der Waals surface area contributed by atoms with Gasteiger partial charge in [-0.05, 0) is 30.3 Å². The van der Waals surface area contributed by atoms with Crippen LogP contribution in [-0.2, 0) is 6.61 Å². The minimum atomic E-state index is 0.278. The van der Waals surface area contributed by atoms with Gasteiger partial charge in [0, 0.05) is 16.3 Å². The molecule has 0 spiro atoms. The Morgan fingerprint density at radius 2 is 2.00 bits per heavy atom. The Balaban J connectivity index is 2.14. The molecule has 0 saturated heterocycles. The average molecular weight is 259 g/mol. The van der Waals surface area contributed by atoms with E-state index < -0.39 is 0 Å². The van der Waals surface area contributed by atoms with Crippen LogP contribution in [0, 0.1) is 11.3 Å². The first kappa shape index (κ1) is 12.3. The fourth-order valence-electron chi connectivity index (χ4n) is 1.54. The van der Waals surface area contributed by atoms with Crippen molar-refractivity contribution in [2.24, 2.45) is 0 Å². The van der Waals surface area contributed by atoms with E-state index in [2.05, 4.69) is 6.07 Å². The van der Waals surface area contributed by atoms with Gasteiger partial charge in [0.1, 0.15) is 12.4 Å². The van der Waals surface area contributed by atoms with Gasteiger partial charge >= 0.3 is 0 Å². The van der Waals surface area contributed by atoms with Crippen LogP contribution < -0.4 is 10.5 Å². The van der Waals surface area contributed by atoms with E-state index in [1.54, 1.807) is 42.5 Å². The van der Waals surface area contributed by atoms with Crippen LogP contribution in [0.15, 0.2) is 42.5 Å². The first-order valence-corrected chi connectivity index (χ1v) is 5.74. The van der Waals surface area contributed by atoms with Gasteiger partial charge < -0.3 is 10.5 Å². The second-order valence-corrected chi connectivity index (χ2v) is 4.14. The van der Waals surface area contributed by atoms with Gasteiger partial charge in [-0.25, -0.2) is 0 Å². The zero-order chi connectivity index (χ0) is 13.0. The largest absolute Gasteiger partial charge is 0.489 e. The summed E-state index contributed by atoms with van der Waals surface area (Å²) >= 11 is 6.04. The highest BCUT2D eigenvalue weighted by atomic mass is 35.5.